The molecule has 0 aromatic rings. The third-order valence-electron chi connectivity index (χ3n) is 11.9. The molecule has 11 atom stereocenters. The maximum Gasteiger partial charge on any atom is 0.303 e. The van der Waals surface area contributed by atoms with E-state index in [0.29, 0.717) is 25.7 Å². The predicted octanol–water partition coefficient (Wildman–Crippen LogP) is 1.86. The van der Waals surface area contributed by atoms with Crippen LogP contribution >= 0.6 is 0 Å². The van der Waals surface area contributed by atoms with Crippen LogP contribution in [0.3, 0.4) is 0 Å². The Morgan fingerprint density at radius 2 is 1.46 bits per heavy atom. The predicted molar refractivity (Wildman–Crippen MR) is 118 cm³/mol. The van der Waals surface area contributed by atoms with Crippen LogP contribution in [0.4, 0.5) is 0 Å². The molecule has 35 heavy (non-hydrogen) atoms. The van der Waals surface area contributed by atoms with Crippen molar-refractivity contribution in [2.75, 3.05) is 0 Å². The maximum atomic E-state index is 12.6. The lowest BCUT2D eigenvalue weighted by Gasteiger charge is -2.68. The van der Waals surface area contributed by atoms with Crippen molar-refractivity contribution in [1.29, 1.82) is 0 Å². The first-order valence-electron chi connectivity index (χ1n) is 12.7. The molecule has 0 amide bonds. The highest BCUT2D eigenvalue weighted by atomic mass is 16.7. The Morgan fingerprint density at radius 1 is 0.886 bits per heavy atom. The second-order valence-corrected chi connectivity index (χ2v) is 12.9. The molecule has 194 valence electrons. The number of rotatable bonds is 3. The van der Waals surface area contributed by atoms with E-state index in [0.717, 1.165) is 0 Å². The van der Waals surface area contributed by atoms with Gasteiger partial charge in [-0.25, -0.2) is 0 Å². The Morgan fingerprint density at radius 3 is 2.03 bits per heavy atom. The molecule has 6 rings (SSSR count). The van der Waals surface area contributed by atoms with Crippen LogP contribution in [0, 0.1) is 33.0 Å². The summed E-state index contributed by atoms with van der Waals surface area (Å²) in [5.41, 5.74) is -5.90. The minimum atomic E-state index is -1.73. The van der Waals surface area contributed by atoms with Gasteiger partial charge >= 0.3 is 17.9 Å². The van der Waals surface area contributed by atoms with Gasteiger partial charge in [0.05, 0.1) is 11.5 Å². The highest BCUT2D eigenvalue weighted by Gasteiger charge is 3.07. The van der Waals surface area contributed by atoms with Gasteiger partial charge in [0.15, 0.2) is 5.79 Å². The third kappa shape index (κ3) is 1.86. The molecule has 0 radical (unpaired) electrons. The summed E-state index contributed by atoms with van der Waals surface area (Å²) in [7, 11) is 0. The molecule has 6 fully saturated rings. The summed E-state index contributed by atoms with van der Waals surface area (Å²) in [4.78, 5) is 37.6. The number of hydrogen-bond acceptors (Lipinski definition) is 9. The third-order valence-corrected chi connectivity index (χ3v) is 11.9. The van der Waals surface area contributed by atoms with Crippen LogP contribution < -0.4 is 0 Å². The fourth-order valence-corrected chi connectivity index (χ4v) is 11.5. The van der Waals surface area contributed by atoms with Crippen LogP contribution in [-0.4, -0.2) is 63.9 Å². The van der Waals surface area contributed by atoms with Gasteiger partial charge in [0.2, 0.25) is 0 Å². The molecule has 1 saturated heterocycles. The van der Waals surface area contributed by atoms with E-state index in [-0.39, 0.29) is 5.92 Å². The Labute approximate surface area is 204 Å². The van der Waals surface area contributed by atoms with E-state index in [1.807, 2.05) is 13.8 Å². The van der Waals surface area contributed by atoms with Crippen molar-refractivity contribution >= 4 is 17.9 Å². The largest absolute Gasteiger partial charge is 0.459 e. The molecule has 1 aliphatic heterocycles. The molecule has 5 aliphatic carbocycles. The minimum Gasteiger partial charge on any atom is -0.459 e. The molecular weight excluding hydrogens is 456 g/mol. The van der Waals surface area contributed by atoms with Crippen LogP contribution in [0.15, 0.2) is 0 Å². The summed E-state index contributed by atoms with van der Waals surface area (Å²) in [5.74, 6) is -3.28. The maximum absolute atomic E-state index is 12.6. The highest BCUT2D eigenvalue weighted by Crippen LogP contribution is 2.99. The lowest BCUT2D eigenvalue weighted by Crippen LogP contribution is -2.75. The summed E-state index contributed by atoms with van der Waals surface area (Å²) in [6, 6.07) is 0. The van der Waals surface area contributed by atoms with Gasteiger partial charge in [-0.05, 0) is 30.6 Å². The summed E-state index contributed by atoms with van der Waals surface area (Å²) >= 11 is 0. The van der Waals surface area contributed by atoms with Crippen molar-refractivity contribution in [2.45, 2.75) is 110 Å². The topological polar surface area (TPSA) is 129 Å². The second-order valence-electron chi connectivity index (χ2n) is 12.9. The number of carbonyl (C=O) groups is 3. The first-order valence-corrected chi connectivity index (χ1v) is 12.7. The van der Waals surface area contributed by atoms with Crippen LogP contribution in [0.25, 0.3) is 0 Å². The molecule has 6 aliphatic rings. The van der Waals surface area contributed by atoms with Crippen LogP contribution in [-0.2, 0) is 33.3 Å². The van der Waals surface area contributed by atoms with Gasteiger partial charge in [-0.3, -0.25) is 14.4 Å². The molecular formula is C26H36O9. The van der Waals surface area contributed by atoms with E-state index in [1.54, 1.807) is 0 Å². The zero-order valence-electron chi connectivity index (χ0n) is 21.5. The van der Waals surface area contributed by atoms with Gasteiger partial charge in [-0.15, -0.1) is 0 Å². The Bertz CT molecular complexity index is 1070. The number of aliphatic hydroxyl groups excluding tert-OH is 1. The smallest absolute Gasteiger partial charge is 0.303 e. The molecule has 0 aromatic heterocycles. The summed E-state index contributed by atoms with van der Waals surface area (Å²) < 4.78 is 24.9. The van der Waals surface area contributed by atoms with E-state index in [2.05, 4.69) is 13.8 Å². The molecule has 9 heteroatoms. The molecule has 5 saturated carbocycles. The van der Waals surface area contributed by atoms with Gasteiger partial charge in [0, 0.05) is 43.4 Å². The number of carbonyl (C=O) groups excluding carboxylic acids is 3. The van der Waals surface area contributed by atoms with E-state index in [1.165, 1.54) is 20.8 Å². The molecule has 1 heterocycles. The molecule has 3 spiro atoms. The van der Waals surface area contributed by atoms with Crippen LogP contribution in [0.1, 0.15) is 74.1 Å². The number of hydrogen-bond donors (Lipinski definition) is 2. The molecule has 0 aromatic carbocycles. The first-order chi connectivity index (χ1) is 16.0. The van der Waals surface area contributed by atoms with Crippen molar-refractivity contribution in [3.8, 4) is 0 Å². The number of ether oxygens (including phenoxy) is 4. The average molecular weight is 493 g/mol. The quantitative estimate of drug-likeness (QED) is 0.448. The SMILES string of the molecule is CC(=O)OC1[C@]2(C)[C@@]34[C@@H](OC(C)=O)[C@H](OC(C)=O)[C@]5(C)CC[C@H](O)[C@@]16O[C@]2(O)C[C@@H](C[C@@]356)C4(C)C. The van der Waals surface area contributed by atoms with E-state index < -0.39 is 80.8 Å². The lowest BCUT2D eigenvalue weighted by molar-refractivity contribution is -0.406. The zero-order chi connectivity index (χ0) is 25.8. The zero-order valence-corrected chi connectivity index (χ0v) is 21.5. The minimum absolute atomic E-state index is 0.0123. The van der Waals surface area contributed by atoms with Crippen molar-refractivity contribution < 1.29 is 43.5 Å². The first kappa shape index (κ1) is 23.7. The van der Waals surface area contributed by atoms with Gasteiger partial charge in [-0.2, -0.15) is 0 Å². The van der Waals surface area contributed by atoms with Crippen LogP contribution in [0.2, 0.25) is 0 Å². The summed E-state index contributed by atoms with van der Waals surface area (Å²) in [6.07, 6.45) is -2.04. The molecule has 1 unspecified atom stereocenters. The van der Waals surface area contributed by atoms with Gasteiger partial charge < -0.3 is 29.2 Å². The van der Waals surface area contributed by atoms with Crippen molar-refractivity contribution in [3.05, 3.63) is 0 Å². The second kappa shape index (κ2) is 6.05. The highest BCUT2D eigenvalue weighted by molar-refractivity contribution is 5.70. The van der Waals surface area contributed by atoms with E-state index >= 15 is 0 Å². The fraction of sp³-hybridized carbons (Fsp3) is 0.885. The molecule has 9 nitrogen and oxygen atoms in total. The van der Waals surface area contributed by atoms with Crippen molar-refractivity contribution in [1.82, 2.24) is 0 Å². The van der Waals surface area contributed by atoms with Gasteiger partial charge in [-0.1, -0.05) is 27.7 Å². The Balaban J connectivity index is 1.78. The summed E-state index contributed by atoms with van der Waals surface area (Å²) in [6.45, 7) is 12.1. The fourth-order valence-electron chi connectivity index (χ4n) is 11.5. The van der Waals surface area contributed by atoms with Crippen LogP contribution in [0.5, 0.6) is 0 Å². The summed E-state index contributed by atoms with van der Waals surface area (Å²) in [5, 5.41) is 24.1. The average Bonchev–Trinajstić information content (AvgIpc) is 3.11. The normalized spacial score (nSPS) is 57.7. The Hall–Kier alpha value is -1.71. The monoisotopic (exact) mass is 492 g/mol. The van der Waals surface area contributed by atoms with Gasteiger partial charge in [0.25, 0.3) is 0 Å². The molecule has 4 bridgehead atoms. The van der Waals surface area contributed by atoms with Crippen molar-refractivity contribution in [3.63, 3.8) is 0 Å². The van der Waals surface area contributed by atoms with E-state index in [4.69, 9.17) is 18.9 Å². The van der Waals surface area contributed by atoms with Crippen molar-refractivity contribution in [2.24, 2.45) is 33.0 Å². The number of fused-ring (bicyclic) bond motifs is 1. The number of esters is 3. The lowest BCUT2D eigenvalue weighted by atomic mass is 9.40. The standard InChI is InChI=1S/C26H36O9/c1-12(27)32-17-18(33-13(2)28)26-20(4,5)15-10-23(26)21(17,6)9-8-16(30)25(23)19(34-14(3)29)22(26,7)24(31,11-15)35-25/h15-19,30-31H,8-11H2,1-7H3/t15-,16+,17+,18+,19?,21+,22+,23-,24-,25-,26+/m1/s1. The van der Waals surface area contributed by atoms with Gasteiger partial charge in [0.1, 0.15) is 23.9 Å². The Kier molecular flexibility index (Phi) is 4.09. The van der Waals surface area contributed by atoms with E-state index in [9.17, 15) is 24.6 Å². The number of aliphatic hydroxyl groups is 2. The molecule has 2 N–H and O–H groups in total.